The summed E-state index contributed by atoms with van der Waals surface area (Å²) in [7, 11) is 0. The van der Waals surface area contributed by atoms with Gasteiger partial charge in [0.05, 0.1) is 10.9 Å². The number of Topliss-reactive ketones (excluding diaryl/α,β-unsaturated/α-hetero) is 1. The van der Waals surface area contributed by atoms with Gasteiger partial charge in [-0.1, -0.05) is 46.9 Å². The van der Waals surface area contributed by atoms with Crippen LogP contribution in [0.2, 0.25) is 15.1 Å². The molecule has 0 spiro atoms. The first-order valence-corrected chi connectivity index (χ1v) is 12.1. The zero-order chi connectivity index (χ0) is 24.8. The third-order valence-corrected chi connectivity index (χ3v) is 7.87. The maximum absolute atomic E-state index is 13.1. The van der Waals surface area contributed by atoms with Gasteiger partial charge in [-0.15, -0.1) is 23.2 Å². The van der Waals surface area contributed by atoms with E-state index in [2.05, 4.69) is 5.32 Å². The van der Waals surface area contributed by atoms with Gasteiger partial charge in [0.1, 0.15) is 10.2 Å². The van der Waals surface area contributed by atoms with Crippen molar-refractivity contribution in [3.05, 3.63) is 97.7 Å². The third-order valence-electron chi connectivity index (χ3n) is 5.81. The van der Waals surface area contributed by atoms with Gasteiger partial charge in [-0.2, -0.15) is 0 Å². The van der Waals surface area contributed by atoms with E-state index in [-0.39, 0.29) is 28.6 Å². The van der Waals surface area contributed by atoms with Crippen molar-refractivity contribution >= 4 is 75.4 Å². The van der Waals surface area contributed by atoms with E-state index >= 15 is 0 Å². The van der Waals surface area contributed by atoms with Gasteiger partial charge < -0.3 is 5.32 Å². The van der Waals surface area contributed by atoms with E-state index in [4.69, 9.17) is 58.0 Å². The molecule has 1 fully saturated rings. The molecular formula is C25H17Cl5FNO2. The van der Waals surface area contributed by atoms with Crippen molar-refractivity contribution in [2.24, 2.45) is 5.92 Å². The Balaban J connectivity index is 1.51. The van der Waals surface area contributed by atoms with Crippen molar-refractivity contribution in [1.29, 1.82) is 0 Å². The number of halogens is 6. The fourth-order valence-corrected chi connectivity index (χ4v) is 5.39. The summed E-state index contributed by atoms with van der Waals surface area (Å²) in [6.45, 7) is 1.79. The fourth-order valence-electron chi connectivity index (χ4n) is 3.83. The minimum Gasteiger partial charge on any atom is -0.326 e. The molecule has 34 heavy (non-hydrogen) atoms. The first kappa shape index (κ1) is 25.3. The fraction of sp³-hybridized carbons (Fsp3) is 0.200. The number of nitrogens with one attached hydrogen (secondary N) is 1. The number of rotatable bonds is 6. The molecule has 4 rings (SSSR count). The molecule has 0 radical (unpaired) electrons. The van der Waals surface area contributed by atoms with E-state index in [1.165, 1.54) is 36.4 Å². The second kappa shape index (κ2) is 9.67. The van der Waals surface area contributed by atoms with Crippen LogP contribution in [0.25, 0.3) is 0 Å². The lowest BCUT2D eigenvalue weighted by Crippen LogP contribution is -2.17. The smallest absolute Gasteiger partial charge is 0.231 e. The predicted molar refractivity (Wildman–Crippen MR) is 136 cm³/mol. The summed E-state index contributed by atoms with van der Waals surface area (Å²) in [5.41, 5.74) is 2.63. The lowest BCUT2D eigenvalue weighted by Gasteiger charge is -2.10. The maximum atomic E-state index is 13.1. The molecule has 2 atom stereocenters. The Morgan fingerprint density at radius 1 is 0.941 bits per heavy atom. The number of amides is 1. The quantitative estimate of drug-likeness (QED) is 0.245. The van der Waals surface area contributed by atoms with Crippen molar-refractivity contribution < 1.29 is 14.0 Å². The standard InChI is InChI=1S/C25H17Cl5FNO2/c1-12-19(27)9-14(10-20(12)28)22-23(25(22,29)30)24(34)32-16-6-7-18(26)17(11-16)21(33)8-13-2-4-15(31)5-3-13/h2-7,9-11,22-23H,8H2,1H3,(H,32,34). The van der Waals surface area contributed by atoms with Crippen molar-refractivity contribution in [3.63, 3.8) is 0 Å². The monoisotopic (exact) mass is 557 g/mol. The topological polar surface area (TPSA) is 46.2 Å². The number of anilines is 1. The lowest BCUT2D eigenvalue weighted by atomic mass is 10.0. The highest BCUT2D eigenvalue weighted by atomic mass is 35.5. The van der Waals surface area contributed by atoms with Crippen LogP contribution >= 0.6 is 58.0 Å². The van der Waals surface area contributed by atoms with Crippen LogP contribution in [0.4, 0.5) is 10.1 Å². The van der Waals surface area contributed by atoms with Crippen LogP contribution in [-0.4, -0.2) is 16.0 Å². The van der Waals surface area contributed by atoms with Gasteiger partial charge in [-0.25, -0.2) is 4.39 Å². The average Bonchev–Trinajstić information content (AvgIpc) is 3.36. The second-order valence-corrected chi connectivity index (χ2v) is 10.8. The van der Waals surface area contributed by atoms with Crippen molar-refractivity contribution in [2.75, 3.05) is 5.32 Å². The predicted octanol–water partition coefficient (Wildman–Crippen LogP) is 8.05. The Hall–Kier alpha value is -1.82. The molecular weight excluding hydrogens is 543 g/mol. The molecule has 1 saturated carbocycles. The number of hydrogen-bond acceptors (Lipinski definition) is 2. The van der Waals surface area contributed by atoms with E-state index in [1.807, 2.05) is 0 Å². The molecule has 3 aromatic carbocycles. The molecule has 3 nitrogen and oxygen atoms in total. The Labute approximate surface area is 221 Å². The van der Waals surface area contributed by atoms with Crippen LogP contribution in [0.3, 0.4) is 0 Å². The Morgan fingerprint density at radius 3 is 2.18 bits per heavy atom. The molecule has 2 unspecified atom stereocenters. The average molecular weight is 560 g/mol. The summed E-state index contributed by atoms with van der Waals surface area (Å²) in [4.78, 5) is 25.8. The minimum atomic E-state index is -1.33. The molecule has 0 aromatic heterocycles. The number of hydrogen-bond donors (Lipinski definition) is 1. The molecule has 1 N–H and O–H groups in total. The largest absolute Gasteiger partial charge is 0.326 e. The zero-order valence-corrected chi connectivity index (χ0v) is 21.4. The van der Waals surface area contributed by atoms with Crippen molar-refractivity contribution in [2.45, 2.75) is 23.6 Å². The molecule has 176 valence electrons. The molecule has 0 bridgehead atoms. The van der Waals surface area contributed by atoms with Crippen LogP contribution in [0.1, 0.15) is 33.0 Å². The van der Waals surface area contributed by atoms with Gasteiger partial charge in [0.2, 0.25) is 5.91 Å². The van der Waals surface area contributed by atoms with Gasteiger partial charge >= 0.3 is 0 Å². The normalized spacial score (nSPS) is 18.4. The Kier molecular flexibility index (Phi) is 7.19. The summed E-state index contributed by atoms with van der Waals surface area (Å²) < 4.78 is 11.8. The number of carbonyl (C=O) groups is 2. The van der Waals surface area contributed by atoms with E-state index in [9.17, 15) is 14.0 Å². The molecule has 1 aliphatic rings. The lowest BCUT2D eigenvalue weighted by molar-refractivity contribution is -0.117. The summed E-state index contributed by atoms with van der Waals surface area (Å²) in [6.07, 6.45) is 0.0313. The highest BCUT2D eigenvalue weighted by molar-refractivity contribution is 6.53. The van der Waals surface area contributed by atoms with E-state index in [0.717, 1.165) is 5.56 Å². The number of ketones is 1. The highest BCUT2D eigenvalue weighted by Gasteiger charge is 2.67. The van der Waals surface area contributed by atoms with Crippen LogP contribution in [0.5, 0.6) is 0 Å². The van der Waals surface area contributed by atoms with Crippen molar-refractivity contribution in [1.82, 2.24) is 0 Å². The molecule has 0 saturated heterocycles. The molecule has 3 aromatic rings. The van der Waals surface area contributed by atoms with Gasteiger partial charge in [-0.05, 0) is 66.1 Å². The van der Waals surface area contributed by atoms with Gasteiger partial charge in [0, 0.05) is 33.6 Å². The van der Waals surface area contributed by atoms with E-state index in [1.54, 1.807) is 25.1 Å². The van der Waals surface area contributed by atoms with Crippen LogP contribution < -0.4 is 5.32 Å². The molecule has 0 heterocycles. The highest BCUT2D eigenvalue weighted by Crippen LogP contribution is 2.65. The minimum absolute atomic E-state index is 0.0313. The van der Waals surface area contributed by atoms with Gasteiger partial charge in [0.25, 0.3) is 0 Å². The molecule has 1 aliphatic carbocycles. The first-order valence-electron chi connectivity index (χ1n) is 10.2. The van der Waals surface area contributed by atoms with E-state index < -0.39 is 22.1 Å². The first-order chi connectivity index (χ1) is 16.0. The van der Waals surface area contributed by atoms with Gasteiger partial charge in [-0.3, -0.25) is 9.59 Å². The number of carbonyl (C=O) groups excluding carboxylic acids is 2. The van der Waals surface area contributed by atoms with Crippen LogP contribution in [0.15, 0.2) is 54.6 Å². The summed E-state index contributed by atoms with van der Waals surface area (Å²) >= 11 is 31.6. The van der Waals surface area contributed by atoms with Crippen LogP contribution in [-0.2, 0) is 11.2 Å². The van der Waals surface area contributed by atoms with Gasteiger partial charge in [0.15, 0.2) is 5.78 Å². The molecule has 1 amide bonds. The van der Waals surface area contributed by atoms with Crippen LogP contribution in [0, 0.1) is 18.7 Å². The second-order valence-electron chi connectivity index (χ2n) is 8.15. The third kappa shape index (κ3) is 5.07. The number of alkyl halides is 2. The summed E-state index contributed by atoms with van der Waals surface area (Å²) in [6, 6.07) is 13.6. The summed E-state index contributed by atoms with van der Waals surface area (Å²) in [5, 5.41) is 3.91. The number of benzene rings is 3. The SMILES string of the molecule is Cc1c(Cl)cc(C2C(C(=O)Nc3ccc(Cl)c(C(=O)Cc4ccc(F)cc4)c3)C2(Cl)Cl)cc1Cl. The zero-order valence-electron chi connectivity index (χ0n) is 17.6. The Morgan fingerprint density at radius 2 is 1.56 bits per heavy atom. The molecule has 0 aliphatic heterocycles. The maximum Gasteiger partial charge on any atom is 0.231 e. The van der Waals surface area contributed by atoms with E-state index in [0.29, 0.717) is 26.9 Å². The summed E-state index contributed by atoms with van der Waals surface area (Å²) in [5.74, 6) is -2.33. The Bertz CT molecular complexity index is 1270. The molecule has 9 heteroatoms. The van der Waals surface area contributed by atoms with Crippen molar-refractivity contribution in [3.8, 4) is 0 Å².